The van der Waals surface area contributed by atoms with Crippen LogP contribution in [0, 0.1) is 0 Å². The van der Waals surface area contributed by atoms with E-state index in [4.69, 9.17) is 9.47 Å². The largest absolute Gasteiger partial charge is 0.497 e. The van der Waals surface area contributed by atoms with Crippen molar-refractivity contribution in [1.82, 2.24) is 5.32 Å². The SMILES string of the molecule is COc1ccc(NC(=O)C(=O)NCCOc2ccccc2)cc1. The van der Waals surface area contributed by atoms with Crippen molar-refractivity contribution in [3.05, 3.63) is 54.6 Å². The van der Waals surface area contributed by atoms with E-state index in [1.54, 1.807) is 31.4 Å². The molecule has 0 aromatic heterocycles. The first-order valence-corrected chi connectivity index (χ1v) is 7.10. The van der Waals surface area contributed by atoms with E-state index in [0.717, 1.165) is 0 Å². The van der Waals surface area contributed by atoms with Gasteiger partial charge >= 0.3 is 11.8 Å². The summed E-state index contributed by atoms with van der Waals surface area (Å²) in [5, 5.41) is 5.00. The maximum atomic E-state index is 11.7. The van der Waals surface area contributed by atoms with Crippen LogP contribution in [0.15, 0.2) is 54.6 Å². The highest BCUT2D eigenvalue weighted by molar-refractivity contribution is 6.39. The van der Waals surface area contributed by atoms with Gasteiger partial charge in [-0.2, -0.15) is 0 Å². The summed E-state index contributed by atoms with van der Waals surface area (Å²) in [7, 11) is 1.55. The minimum Gasteiger partial charge on any atom is -0.497 e. The molecule has 0 aliphatic heterocycles. The lowest BCUT2D eigenvalue weighted by Gasteiger charge is -2.08. The van der Waals surface area contributed by atoms with Crippen molar-refractivity contribution in [1.29, 1.82) is 0 Å². The molecule has 23 heavy (non-hydrogen) atoms. The third kappa shape index (κ3) is 5.35. The average Bonchev–Trinajstić information content (AvgIpc) is 2.60. The molecular weight excluding hydrogens is 296 g/mol. The fraction of sp³-hybridized carbons (Fsp3) is 0.176. The van der Waals surface area contributed by atoms with Crippen LogP contribution in [0.3, 0.4) is 0 Å². The summed E-state index contributed by atoms with van der Waals surface area (Å²) < 4.78 is 10.4. The molecular formula is C17H18N2O4. The molecule has 0 unspecified atom stereocenters. The molecule has 0 atom stereocenters. The number of methoxy groups -OCH3 is 1. The summed E-state index contributed by atoms with van der Waals surface area (Å²) >= 11 is 0. The van der Waals surface area contributed by atoms with E-state index in [-0.39, 0.29) is 13.2 Å². The number of amides is 2. The van der Waals surface area contributed by atoms with Gasteiger partial charge in [0.15, 0.2) is 0 Å². The molecule has 0 heterocycles. The Bertz CT molecular complexity index is 641. The van der Waals surface area contributed by atoms with Crippen LogP contribution in [0.2, 0.25) is 0 Å². The van der Waals surface area contributed by atoms with Crippen LogP contribution in [-0.2, 0) is 9.59 Å². The Morgan fingerprint density at radius 2 is 1.61 bits per heavy atom. The van der Waals surface area contributed by atoms with E-state index < -0.39 is 11.8 Å². The summed E-state index contributed by atoms with van der Waals surface area (Å²) in [6.45, 7) is 0.523. The van der Waals surface area contributed by atoms with Gasteiger partial charge in [-0.15, -0.1) is 0 Å². The number of ether oxygens (including phenoxy) is 2. The standard InChI is InChI=1S/C17H18N2O4/c1-22-14-9-7-13(8-10-14)19-17(21)16(20)18-11-12-23-15-5-3-2-4-6-15/h2-10H,11-12H2,1H3,(H,18,20)(H,19,21). The van der Waals surface area contributed by atoms with Gasteiger partial charge in [-0.3, -0.25) is 9.59 Å². The molecule has 0 bridgehead atoms. The van der Waals surface area contributed by atoms with Crippen LogP contribution in [0.25, 0.3) is 0 Å². The maximum absolute atomic E-state index is 11.7. The van der Waals surface area contributed by atoms with E-state index in [1.165, 1.54) is 0 Å². The average molecular weight is 314 g/mol. The van der Waals surface area contributed by atoms with Gasteiger partial charge < -0.3 is 20.1 Å². The number of anilines is 1. The van der Waals surface area contributed by atoms with E-state index in [0.29, 0.717) is 17.2 Å². The molecule has 120 valence electrons. The minimum absolute atomic E-state index is 0.240. The minimum atomic E-state index is -0.727. The van der Waals surface area contributed by atoms with Gasteiger partial charge in [-0.1, -0.05) is 18.2 Å². The normalized spacial score (nSPS) is 9.78. The van der Waals surface area contributed by atoms with Gasteiger partial charge in [0.2, 0.25) is 0 Å². The summed E-state index contributed by atoms with van der Waals surface area (Å²) in [6, 6.07) is 15.9. The quantitative estimate of drug-likeness (QED) is 0.630. The number of para-hydroxylation sites is 1. The maximum Gasteiger partial charge on any atom is 0.313 e. The zero-order valence-electron chi connectivity index (χ0n) is 12.7. The van der Waals surface area contributed by atoms with Gasteiger partial charge in [0.05, 0.1) is 13.7 Å². The zero-order chi connectivity index (χ0) is 16.5. The second-order valence-corrected chi connectivity index (χ2v) is 4.60. The number of hydrogen-bond donors (Lipinski definition) is 2. The van der Waals surface area contributed by atoms with Crippen molar-refractivity contribution >= 4 is 17.5 Å². The highest BCUT2D eigenvalue weighted by Crippen LogP contribution is 2.14. The topological polar surface area (TPSA) is 76.7 Å². The van der Waals surface area contributed by atoms with Gasteiger partial charge in [0.25, 0.3) is 0 Å². The molecule has 2 amide bonds. The molecule has 6 nitrogen and oxygen atoms in total. The fourth-order valence-electron chi connectivity index (χ4n) is 1.79. The van der Waals surface area contributed by atoms with Gasteiger partial charge in [0, 0.05) is 5.69 Å². The predicted molar refractivity (Wildman–Crippen MR) is 86.6 cm³/mol. The van der Waals surface area contributed by atoms with E-state index >= 15 is 0 Å². The van der Waals surface area contributed by atoms with Gasteiger partial charge in [-0.25, -0.2) is 0 Å². The van der Waals surface area contributed by atoms with Crippen molar-refractivity contribution in [2.45, 2.75) is 0 Å². The van der Waals surface area contributed by atoms with Crippen LogP contribution >= 0.6 is 0 Å². The molecule has 0 aliphatic carbocycles. The smallest absolute Gasteiger partial charge is 0.313 e. The number of carbonyl (C=O) groups excluding carboxylic acids is 2. The molecule has 2 aromatic carbocycles. The lowest BCUT2D eigenvalue weighted by atomic mass is 10.3. The van der Waals surface area contributed by atoms with E-state index in [1.807, 2.05) is 30.3 Å². The number of nitrogens with one attached hydrogen (secondary N) is 2. The second kappa shape index (κ2) is 8.43. The highest BCUT2D eigenvalue weighted by atomic mass is 16.5. The Morgan fingerprint density at radius 1 is 0.913 bits per heavy atom. The Hall–Kier alpha value is -3.02. The van der Waals surface area contributed by atoms with Crippen LogP contribution in [0.1, 0.15) is 0 Å². The summed E-state index contributed by atoms with van der Waals surface area (Å²) in [5.41, 5.74) is 0.520. The molecule has 0 saturated carbocycles. The highest BCUT2D eigenvalue weighted by Gasteiger charge is 2.13. The molecule has 0 spiro atoms. The van der Waals surface area contributed by atoms with Crippen LogP contribution < -0.4 is 20.1 Å². The Labute approximate surface area is 134 Å². The third-order valence-electron chi connectivity index (χ3n) is 2.95. The molecule has 2 rings (SSSR count). The summed E-state index contributed by atoms with van der Waals surface area (Å²) in [5.74, 6) is -0.0534. The summed E-state index contributed by atoms with van der Waals surface area (Å²) in [6.07, 6.45) is 0. The predicted octanol–water partition coefficient (Wildman–Crippen LogP) is 1.83. The fourth-order valence-corrected chi connectivity index (χ4v) is 1.79. The zero-order valence-corrected chi connectivity index (χ0v) is 12.7. The monoisotopic (exact) mass is 314 g/mol. The Morgan fingerprint density at radius 3 is 2.26 bits per heavy atom. The van der Waals surface area contributed by atoms with Crippen LogP contribution in [-0.4, -0.2) is 32.1 Å². The van der Waals surface area contributed by atoms with Crippen molar-refractivity contribution in [3.63, 3.8) is 0 Å². The van der Waals surface area contributed by atoms with Gasteiger partial charge in [-0.05, 0) is 36.4 Å². The molecule has 0 aliphatic rings. The molecule has 0 radical (unpaired) electrons. The Kier molecular flexibility index (Phi) is 5.99. The van der Waals surface area contributed by atoms with Crippen molar-refractivity contribution < 1.29 is 19.1 Å². The molecule has 0 fully saturated rings. The molecule has 2 aromatic rings. The third-order valence-corrected chi connectivity index (χ3v) is 2.95. The number of carbonyl (C=O) groups is 2. The lowest BCUT2D eigenvalue weighted by molar-refractivity contribution is -0.136. The summed E-state index contributed by atoms with van der Waals surface area (Å²) in [4.78, 5) is 23.4. The van der Waals surface area contributed by atoms with Crippen LogP contribution in [0.5, 0.6) is 11.5 Å². The first-order valence-electron chi connectivity index (χ1n) is 7.10. The number of benzene rings is 2. The molecule has 6 heteroatoms. The van der Waals surface area contributed by atoms with Crippen molar-refractivity contribution in [3.8, 4) is 11.5 Å². The van der Waals surface area contributed by atoms with Crippen molar-refractivity contribution in [2.75, 3.05) is 25.6 Å². The van der Waals surface area contributed by atoms with Crippen molar-refractivity contribution in [2.24, 2.45) is 0 Å². The van der Waals surface area contributed by atoms with E-state index in [2.05, 4.69) is 10.6 Å². The number of rotatable bonds is 6. The first kappa shape index (κ1) is 16.4. The lowest BCUT2D eigenvalue weighted by Crippen LogP contribution is -2.37. The van der Waals surface area contributed by atoms with Crippen LogP contribution in [0.4, 0.5) is 5.69 Å². The van der Waals surface area contributed by atoms with E-state index in [9.17, 15) is 9.59 Å². The molecule has 2 N–H and O–H groups in total. The second-order valence-electron chi connectivity index (χ2n) is 4.60. The van der Waals surface area contributed by atoms with Gasteiger partial charge in [0.1, 0.15) is 18.1 Å². The number of hydrogen-bond acceptors (Lipinski definition) is 4. The molecule has 0 saturated heterocycles. The first-order chi connectivity index (χ1) is 11.2. The Balaban J connectivity index is 1.71.